The predicted octanol–water partition coefficient (Wildman–Crippen LogP) is 3.64. The highest BCUT2D eigenvalue weighted by molar-refractivity contribution is 6.41. The summed E-state index contributed by atoms with van der Waals surface area (Å²) in [5.74, 6) is -0.103. The van der Waals surface area contributed by atoms with Gasteiger partial charge in [-0.2, -0.15) is 0 Å². The zero-order valence-corrected chi connectivity index (χ0v) is 12.4. The molecule has 2 rings (SSSR count). The Labute approximate surface area is 117 Å². The molecule has 1 aliphatic carbocycles. The van der Waals surface area contributed by atoms with E-state index in [2.05, 4.69) is 19.2 Å². The van der Waals surface area contributed by atoms with Crippen LogP contribution in [0, 0.1) is 5.41 Å². The minimum Gasteiger partial charge on any atom is -0.348 e. The zero-order valence-electron chi connectivity index (χ0n) is 10.9. The standard InChI is InChI=1S/C13H18Cl2N2O/c1-13(2)5-4-8(7-13)16-12(18)10-6-9(14)11(15)17(10)3/h6,8H,4-5,7H2,1-3H3,(H,16,18). The maximum absolute atomic E-state index is 12.1. The average Bonchev–Trinajstić information content (AvgIpc) is 2.73. The van der Waals surface area contributed by atoms with Gasteiger partial charge in [0.2, 0.25) is 0 Å². The molecule has 0 radical (unpaired) electrons. The smallest absolute Gasteiger partial charge is 0.268 e. The van der Waals surface area contributed by atoms with Crippen LogP contribution in [0.2, 0.25) is 10.2 Å². The van der Waals surface area contributed by atoms with Gasteiger partial charge in [-0.1, -0.05) is 37.0 Å². The predicted molar refractivity (Wildman–Crippen MR) is 74.3 cm³/mol. The summed E-state index contributed by atoms with van der Waals surface area (Å²) in [6.45, 7) is 4.46. The van der Waals surface area contributed by atoms with E-state index in [9.17, 15) is 4.79 Å². The van der Waals surface area contributed by atoms with Crippen molar-refractivity contribution in [3.05, 3.63) is 21.9 Å². The summed E-state index contributed by atoms with van der Waals surface area (Å²) in [5, 5.41) is 3.86. The molecule has 1 atom stereocenters. The van der Waals surface area contributed by atoms with E-state index in [-0.39, 0.29) is 11.9 Å². The highest BCUT2D eigenvalue weighted by atomic mass is 35.5. The quantitative estimate of drug-likeness (QED) is 0.886. The fourth-order valence-electron chi connectivity index (χ4n) is 2.58. The summed E-state index contributed by atoms with van der Waals surface area (Å²) in [6.07, 6.45) is 3.20. The van der Waals surface area contributed by atoms with Crippen LogP contribution in [0.4, 0.5) is 0 Å². The van der Waals surface area contributed by atoms with Crippen LogP contribution in [-0.4, -0.2) is 16.5 Å². The minimum absolute atomic E-state index is 0.103. The van der Waals surface area contributed by atoms with Crippen LogP contribution >= 0.6 is 23.2 Å². The lowest BCUT2D eigenvalue weighted by Gasteiger charge is -2.18. The first-order valence-electron chi connectivity index (χ1n) is 6.12. The van der Waals surface area contributed by atoms with Gasteiger partial charge in [-0.15, -0.1) is 0 Å². The van der Waals surface area contributed by atoms with E-state index in [4.69, 9.17) is 23.2 Å². The number of hydrogen-bond acceptors (Lipinski definition) is 1. The summed E-state index contributed by atoms with van der Waals surface area (Å²) >= 11 is 11.9. The van der Waals surface area contributed by atoms with Crippen LogP contribution in [0.1, 0.15) is 43.6 Å². The Hall–Kier alpha value is -0.670. The summed E-state index contributed by atoms with van der Waals surface area (Å²) in [7, 11) is 1.74. The molecule has 1 unspecified atom stereocenters. The molecule has 0 bridgehead atoms. The topological polar surface area (TPSA) is 34.0 Å². The average molecular weight is 289 g/mol. The fraction of sp³-hybridized carbons (Fsp3) is 0.615. The number of amides is 1. The molecule has 0 saturated heterocycles. The second-order valence-corrected chi connectivity index (χ2v) is 6.57. The molecule has 1 aromatic heterocycles. The van der Waals surface area contributed by atoms with E-state index in [1.165, 1.54) is 0 Å². The molecule has 1 heterocycles. The molecule has 1 aliphatic rings. The monoisotopic (exact) mass is 288 g/mol. The van der Waals surface area contributed by atoms with Gasteiger partial charge in [-0.05, 0) is 30.7 Å². The van der Waals surface area contributed by atoms with Gasteiger partial charge < -0.3 is 9.88 Å². The van der Waals surface area contributed by atoms with Gasteiger partial charge in [0.15, 0.2) is 0 Å². The highest BCUT2D eigenvalue weighted by Crippen LogP contribution is 2.37. The van der Waals surface area contributed by atoms with Crippen LogP contribution in [0.15, 0.2) is 6.07 Å². The molecule has 1 amide bonds. The molecular weight excluding hydrogens is 271 g/mol. The first-order valence-corrected chi connectivity index (χ1v) is 6.87. The van der Waals surface area contributed by atoms with Gasteiger partial charge in [-0.3, -0.25) is 4.79 Å². The van der Waals surface area contributed by atoms with Gasteiger partial charge >= 0.3 is 0 Å². The first-order chi connectivity index (χ1) is 8.30. The van der Waals surface area contributed by atoms with Crippen molar-refractivity contribution in [2.75, 3.05) is 0 Å². The summed E-state index contributed by atoms with van der Waals surface area (Å²) in [4.78, 5) is 12.1. The van der Waals surface area contributed by atoms with Gasteiger partial charge in [0.1, 0.15) is 10.8 Å². The summed E-state index contributed by atoms with van der Waals surface area (Å²) < 4.78 is 1.61. The molecule has 0 aromatic carbocycles. The lowest BCUT2D eigenvalue weighted by atomic mass is 9.92. The van der Waals surface area contributed by atoms with E-state index >= 15 is 0 Å². The largest absolute Gasteiger partial charge is 0.348 e. The van der Waals surface area contributed by atoms with Crippen molar-refractivity contribution < 1.29 is 4.79 Å². The van der Waals surface area contributed by atoms with Crippen LogP contribution in [0.25, 0.3) is 0 Å². The fourth-order valence-corrected chi connectivity index (χ4v) is 2.95. The SMILES string of the molecule is Cn1c(C(=O)NC2CCC(C)(C)C2)cc(Cl)c1Cl. The summed E-state index contributed by atoms with van der Waals surface area (Å²) in [5.41, 5.74) is 0.830. The third-order valence-corrected chi connectivity index (χ3v) is 4.49. The van der Waals surface area contributed by atoms with E-state index in [0.29, 0.717) is 21.3 Å². The molecule has 0 aliphatic heterocycles. The minimum atomic E-state index is -0.103. The third-order valence-electron chi connectivity index (χ3n) is 3.65. The van der Waals surface area contributed by atoms with E-state index in [1.807, 2.05) is 0 Å². The Morgan fingerprint density at radius 1 is 1.50 bits per heavy atom. The van der Waals surface area contributed by atoms with Gasteiger partial charge in [0.05, 0.1) is 5.02 Å². The molecular formula is C13H18Cl2N2O. The Bertz CT molecular complexity index is 480. The Morgan fingerprint density at radius 2 is 2.17 bits per heavy atom. The van der Waals surface area contributed by atoms with Crippen LogP contribution in [0.5, 0.6) is 0 Å². The Balaban J connectivity index is 2.07. The van der Waals surface area contributed by atoms with E-state index in [1.54, 1.807) is 17.7 Å². The van der Waals surface area contributed by atoms with Crippen molar-refractivity contribution in [2.45, 2.75) is 39.2 Å². The number of aromatic nitrogens is 1. The third kappa shape index (κ3) is 2.67. The zero-order chi connectivity index (χ0) is 13.5. The normalized spacial score (nSPS) is 22.2. The lowest BCUT2D eigenvalue weighted by Crippen LogP contribution is -2.34. The Kier molecular flexibility index (Phi) is 3.65. The van der Waals surface area contributed by atoms with Crippen LogP contribution < -0.4 is 5.32 Å². The molecule has 1 aromatic rings. The lowest BCUT2D eigenvalue weighted by molar-refractivity contribution is 0.0928. The number of rotatable bonds is 2. The molecule has 18 heavy (non-hydrogen) atoms. The van der Waals surface area contributed by atoms with Crippen molar-refractivity contribution in [1.82, 2.24) is 9.88 Å². The maximum atomic E-state index is 12.1. The number of halogens is 2. The molecule has 1 N–H and O–H groups in total. The van der Waals surface area contributed by atoms with Crippen molar-refractivity contribution in [3.8, 4) is 0 Å². The van der Waals surface area contributed by atoms with Gasteiger partial charge in [0.25, 0.3) is 5.91 Å². The first kappa shape index (κ1) is 13.8. The van der Waals surface area contributed by atoms with E-state index in [0.717, 1.165) is 19.3 Å². The Morgan fingerprint density at radius 3 is 2.61 bits per heavy atom. The molecule has 100 valence electrons. The van der Waals surface area contributed by atoms with Crippen molar-refractivity contribution in [1.29, 1.82) is 0 Å². The molecule has 0 spiro atoms. The van der Waals surface area contributed by atoms with Gasteiger partial charge in [0, 0.05) is 13.1 Å². The van der Waals surface area contributed by atoms with Crippen molar-refractivity contribution in [3.63, 3.8) is 0 Å². The second-order valence-electron chi connectivity index (χ2n) is 5.80. The molecule has 5 heteroatoms. The van der Waals surface area contributed by atoms with Crippen molar-refractivity contribution >= 4 is 29.1 Å². The maximum Gasteiger partial charge on any atom is 0.268 e. The number of nitrogens with one attached hydrogen (secondary N) is 1. The highest BCUT2D eigenvalue weighted by Gasteiger charge is 2.32. The van der Waals surface area contributed by atoms with Gasteiger partial charge in [-0.25, -0.2) is 0 Å². The molecule has 3 nitrogen and oxygen atoms in total. The van der Waals surface area contributed by atoms with Crippen LogP contribution in [-0.2, 0) is 7.05 Å². The molecule has 1 fully saturated rings. The van der Waals surface area contributed by atoms with Crippen molar-refractivity contribution in [2.24, 2.45) is 12.5 Å². The second kappa shape index (κ2) is 4.78. The number of carbonyl (C=O) groups excluding carboxylic acids is 1. The summed E-state index contributed by atoms with van der Waals surface area (Å²) in [6, 6.07) is 1.86. The molecule has 1 saturated carbocycles. The number of nitrogens with zero attached hydrogens (tertiary/aromatic N) is 1. The number of carbonyl (C=O) groups is 1. The number of hydrogen-bond donors (Lipinski definition) is 1. The van der Waals surface area contributed by atoms with Crippen LogP contribution in [0.3, 0.4) is 0 Å². The van der Waals surface area contributed by atoms with E-state index < -0.39 is 0 Å².